The van der Waals surface area contributed by atoms with Crippen molar-refractivity contribution in [1.29, 1.82) is 0 Å². The summed E-state index contributed by atoms with van der Waals surface area (Å²) >= 11 is 0. The smallest absolute Gasteiger partial charge is 0.251 e. The Hall–Kier alpha value is -0.763. The van der Waals surface area contributed by atoms with Crippen molar-refractivity contribution in [1.82, 2.24) is 0 Å². The van der Waals surface area contributed by atoms with Gasteiger partial charge < -0.3 is 4.43 Å². The molecule has 0 N–H and O–H groups in total. The van der Waals surface area contributed by atoms with Gasteiger partial charge in [-0.25, -0.2) is 0 Å². The van der Waals surface area contributed by atoms with Crippen molar-refractivity contribution in [3.63, 3.8) is 0 Å². The van der Waals surface area contributed by atoms with Crippen LogP contribution < -0.4 is 4.43 Å². The first-order chi connectivity index (χ1) is 7.27. The molecule has 0 radical (unpaired) electrons. The summed E-state index contributed by atoms with van der Waals surface area (Å²) in [6, 6.07) is 10.2. The Morgan fingerprint density at radius 3 is 2.00 bits per heavy atom. The van der Waals surface area contributed by atoms with Crippen LogP contribution in [0.1, 0.15) is 27.7 Å². The van der Waals surface area contributed by atoms with Gasteiger partial charge in [0.25, 0.3) is 8.32 Å². The van der Waals surface area contributed by atoms with Gasteiger partial charge >= 0.3 is 0 Å². The third-order valence-corrected chi connectivity index (χ3v) is 8.54. The van der Waals surface area contributed by atoms with Crippen molar-refractivity contribution >= 4 is 8.32 Å². The molecule has 1 aromatic carbocycles. The summed E-state index contributed by atoms with van der Waals surface area (Å²) in [7, 11) is -1.73. The lowest BCUT2D eigenvalue weighted by Gasteiger charge is -2.42. The normalized spacial score (nSPS) is 12.9. The predicted molar refractivity (Wildman–Crippen MR) is 73.4 cm³/mol. The standard InChI is InChI=1S/C14H24OSi/c1-12(2)14(3,4)16(5,6)15-13-10-8-7-9-11-13/h7-12H,1-6H3. The van der Waals surface area contributed by atoms with E-state index in [0.29, 0.717) is 5.92 Å². The summed E-state index contributed by atoms with van der Waals surface area (Å²) in [5.74, 6) is 1.64. The molecule has 0 bridgehead atoms. The molecule has 0 aromatic heterocycles. The summed E-state index contributed by atoms with van der Waals surface area (Å²) in [5.41, 5.74) is 0. The summed E-state index contributed by atoms with van der Waals surface area (Å²) in [6.07, 6.45) is 0. The average Bonchev–Trinajstić information content (AvgIpc) is 2.18. The highest BCUT2D eigenvalue weighted by Crippen LogP contribution is 2.44. The molecule has 0 aliphatic heterocycles. The van der Waals surface area contributed by atoms with Gasteiger partial charge in [0.05, 0.1) is 0 Å². The molecule has 0 aliphatic carbocycles. The van der Waals surface area contributed by atoms with Crippen molar-refractivity contribution in [3.05, 3.63) is 30.3 Å². The first-order valence-electron chi connectivity index (χ1n) is 6.01. The quantitative estimate of drug-likeness (QED) is 0.688. The third kappa shape index (κ3) is 2.67. The monoisotopic (exact) mass is 236 g/mol. The molecule has 0 spiro atoms. The minimum Gasteiger partial charge on any atom is -0.543 e. The topological polar surface area (TPSA) is 9.23 Å². The van der Waals surface area contributed by atoms with Crippen molar-refractivity contribution in [2.75, 3.05) is 0 Å². The van der Waals surface area contributed by atoms with Gasteiger partial charge in [-0.3, -0.25) is 0 Å². The molecular weight excluding hydrogens is 212 g/mol. The van der Waals surface area contributed by atoms with Crippen LogP contribution in [0.3, 0.4) is 0 Å². The lowest BCUT2D eigenvalue weighted by atomic mass is 9.99. The number of benzene rings is 1. The number of rotatable bonds is 4. The lowest BCUT2D eigenvalue weighted by Crippen LogP contribution is -2.47. The van der Waals surface area contributed by atoms with Gasteiger partial charge in [0.15, 0.2) is 0 Å². The van der Waals surface area contributed by atoms with E-state index < -0.39 is 8.32 Å². The number of hydrogen-bond acceptors (Lipinski definition) is 1. The molecule has 16 heavy (non-hydrogen) atoms. The zero-order valence-corrected chi connectivity index (χ0v) is 12.4. The summed E-state index contributed by atoms with van der Waals surface area (Å²) < 4.78 is 6.27. The SMILES string of the molecule is CC(C)C(C)(C)[Si](C)(C)Oc1ccccc1. The van der Waals surface area contributed by atoms with Crippen LogP contribution >= 0.6 is 0 Å². The highest BCUT2D eigenvalue weighted by atomic mass is 28.4. The molecule has 0 heterocycles. The Morgan fingerprint density at radius 1 is 1.06 bits per heavy atom. The van der Waals surface area contributed by atoms with Gasteiger partial charge in [-0.15, -0.1) is 0 Å². The highest BCUT2D eigenvalue weighted by molar-refractivity contribution is 6.74. The fraction of sp³-hybridized carbons (Fsp3) is 0.571. The Kier molecular flexibility index (Phi) is 3.84. The summed E-state index contributed by atoms with van der Waals surface area (Å²) in [5, 5.41) is 0.267. The van der Waals surface area contributed by atoms with Crippen molar-refractivity contribution < 1.29 is 4.43 Å². The molecule has 0 amide bonds. The second-order valence-corrected chi connectivity index (χ2v) is 10.3. The van der Waals surface area contributed by atoms with Gasteiger partial charge in [0.1, 0.15) is 5.75 Å². The Labute approximate surface area is 101 Å². The molecule has 1 rings (SSSR count). The highest BCUT2D eigenvalue weighted by Gasteiger charge is 2.44. The number of para-hydroxylation sites is 1. The molecule has 2 heteroatoms. The minimum atomic E-state index is -1.73. The average molecular weight is 236 g/mol. The fourth-order valence-electron chi connectivity index (χ4n) is 1.61. The largest absolute Gasteiger partial charge is 0.543 e. The molecule has 0 aliphatic rings. The van der Waals surface area contributed by atoms with Crippen LogP contribution in [0.2, 0.25) is 18.1 Å². The van der Waals surface area contributed by atoms with Gasteiger partial charge in [0.2, 0.25) is 0 Å². The Morgan fingerprint density at radius 2 is 1.56 bits per heavy atom. The second kappa shape index (κ2) is 4.62. The van der Waals surface area contributed by atoms with E-state index in [1.165, 1.54) is 0 Å². The summed E-state index contributed by atoms with van der Waals surface area (Å²) in [6.45, 7) is 13.8. The minimum absolute atomic E-state index is 0.267. The molecule has 0 atom stereocenters. The van der Waals surface area contributed by atoms with Crippen LogP contribution in [0.4, 0.5) is 0 Å². The summed E-state index contributed by atoms with van der Waals surface area (Å²) in [4.78, 5) is 0. The zero-order chi connectivity index (χ0) is 12.4. The maximum absolute atomic E-state index is 6.27. The Balaban J connectivity index is 2.87. The van der Waals surface area contributed by atoms with Gasteiger partial charge in [-0.1, -0.05) is 45.9 Å². The lowest BCUT2D eigenvalue weighted by molar-refractivity contribution is 0.394. The van der Waals surface area contributed by atoms with E-state index in [2.05, 4.69) is 40.8 Å². The van der Waals surface area contributed by atoms with Gasteiger partial charge in [-0.2, -0.15) is 0 Å². The molecule has 1 nitrogen and oxygen atoms in total. The van der Waals surface area contributed by atoms with Gasteiger partial charge in [-0.05, 0) is 36.2 Å². The van der Waals surface area contributed by atoms with E-state index in [-0.39, 0.29) is 5.04 Å². The zero-order valence-electron chi connectivity index (χ0n) is 11.4. The fourth-order valence-corrected chi connectivity index (χ4v) is 3.99. The predicted octanol–water partition coefficient (Wildman–Crippen LogP) is 4.71. The first kappa shape index (κ1) is 13.3. The molecule has 0 saturated heterocycles. The van der Waals surface area contributed by atoms with Crippen LogP contribution in [0.25, 0.3) is 0 Å². The van der Waals surface area contributed by atoms with E-state index in [1.807, 2.05) is 30.3 Å². The molecule has 0 saturated carbocycles. The van der Waals surface area contributed by atoms with Crippen LogP contribution in [0.15, 0.2) is 30.3 Å². The first-order valence-corrected chi connectivity index (χ1v) is 8.92. The van der Waals surface area contributed by atoms with Crippen molar-refractivity contribution in [2.45, 2.75) is 45.8 Å². The van der Waals surface area contributed by atoms with Crippen LogP contribution in [-0.4, -0.2) is 8.32 Å². The van der Waals surface area contributed by atoms with Crippen LogP contribution in [0, 0.1) is 5.92 Å². The number of hydrogen-bond donors (Lipinski definition) is 0. The Bertz CT molecular complexity index is 328. The van der Waals surface area contributed by atoms with E-state index >= 15 is 0 Å². The second-order valence-electron chi connectivity index (χ2n) is 5.80. The van der Waals surface area contributed by atoms with E-state index in [0.717, 1.165) is 5.75 Å². The van der Waals surface area contributed by atoms with Crippen LogP contribution in [-0.2, 0) is 0 Å². The molecule has 0 unspecified atom stereocenters. The molecule has 1 aromatic rings. The maximum Gasteiger partial charge on any atom is 0.251 e. The molecule has 90 valence electrons. The van der Waals surface area contributed by atoms with Gasteiger partial charge in [0, 0.05) is 0 Å². The third-order valence-electron chi connectivity index (χ3n) is 4.11. The molecule has 0 fully saturated rings. The molecular formula is C14H24OSi. The van der Waals surface area contributed by atoms with E-state index in [9.17, 15) is 0 Å². The van der Waals surface area contributed by atoms with E-state index in [1.54, 1.807) is 0 Å². The van der Waals surface area contributed by atoms with Crippen LogP contribution in [0.5, 0.6) is 5.75 Å². The van der Waals surface area contributed by atoms with Crippen molar-refractivity contribution in [2.24, 2.45) is 5.92 Å². The van der Waals surface area contributed by atoms with E-state index in [4.69, 9.17) is 4.43 Å². The maximum atomic E-state index is 6.27. The van der Waals surface area contributed by atoms with Crippen molar-refractivity contribution in [3.8, 4) is 5.75 Å².